The fourth-order valence-corrected chi connectivity index (χ4v) is 8.21. The highest BCUT2D eigenvalue weighted by Gasteiger charge is 2.61. The number of benzene rings is 2. The Morgan fingerprint density at radius 1 is 1.06 bits per heavy atom. The minimum atomic E-state index is -3.87. The number of pyridine rings is 1. The van der Waals surface area contributed by atoms with Gasteiger partial charge in [0.2, 0.25) is 0 Å². The van der Waals surface area contributed by atoms with Crippen LogP contribution >= 0.6 is 11.8 Å². The van der Waals surface area contributed by atoms with E-state index in [0.29, 0.717) is 5.69 Å². The fourth-order valence-electron chi connectivity index (χ4n) is 4.63. The van der Waals surface area contributed by atoms with E-state index in [0.717, 1.165) is 22.9 Å². The van der Waals surface area contributed by atoms with Gasteiger partial charge in [0.05, 0.1) is 17.0 Å². The smallest absolute Gasteiger partial charge is 0.326 e. The van der Waals surface area contributed by atoms with E-state index in [4.69, 9.17) is 4.74 Å². The average molecular weight is 521 g/mol. The molecule has 2 aliphatic rings. The quantitative estimate of drug-likeness (QED) is 0.279. The van der Waals surface area contributed by atoms with Crippen LogP contribution in [0.25, 0.3) is 6.08 Å². The van der Waals surface area contributed by atoms with Crippen molar-refractivity contribution >= 4 is 39.6 Å². The van der Waals surface area contributed by atoms with E-state index in [1.807, 2.05) is 60.7 Å². The summed E-state index contributed by atoms with van der Waals surface area (Å²) in [4.78, 5) is 32.1. The number of rotatable bonds is 6. The third-order valence-corrected chi connectivity index (χ3v) is 9.93. The fraction of sp³-hybridized carbons (Fsp3) is 0.222. The molecule has 5 rings (SSSR count). The van der Waals surface area contributed by atoms with Crippen molar-refractivity contribution < 1.29 is 22.7 Å². The molecule has 2 atom stereocenters. The number of thioether (sulfide) groups is 1. The van der Waals surface area contributed by atoms with Gasteiger partial charge in [0, 0.05) is 12.7 Å². The minimum absolute atomic E-state index is 0.0500. The maximum Gasteiger partial charge on any atom is 0.326 e. The van der Waals surface area contributed by atoms with Crippen LogP contribution < -0.4 is 0 Å². The molecule has 2 fully saturated rings. The Kier molecular flexibility index (Phi) is 6.44. The van der Waals surface area contributed by atoms with Gasteiger partial charge in [0.15, 0.2) is 21.3 Å². The zero-order valence-electron chi connectivity index (χ0n) is 19.5. The Labute approximate surface area is 214 Å². The van der Waals surface area contributed by atoms with Crippen LogP contribution in [-0.2, 0) is 24.2 Å². The van der Waals surface area contributed by atoms with E-state index >= 15 is 0 Å². The van der Waals surface area contributed by atoms with Gasteiger partial charge in [-0.2, -0.15) is 0 Å². The number of ether oxygens (including phenoxy) is 1. The van der Waals surface area contributed by atoms with E-state index in [2.05, 4.69) is 4.98 Å². The number of aromatic nitrogens is 1. The summed E-state index contributed by atoms with van der Waals surface area (Å²) < 4.78 is 31.4. The Morgan fingerprint density at radius 2 is 1.67 bits per heavy atom. The summed E-state index contributed by atoms with van der Waals surface area (Å²) in [7, 11) is -3.87. The van der Waals surface area contributed by atoms with E-state index < -0.39 is 43.7 Å². The highest BCUT2D eigenvalue weighted by molar-refractivity contribution is 8.02. The number of esters is 1. The summed E-state index contributed by atoms with van der Waals surface area (Å²) in [5.41, 5.74) is 2.21. The zero-order chi connectivity index (χ0) is 25.3. The molecule has 0 aliphatic carbocycles. The van der Waals surface area contributed by atoms with Crippen molar-refractivity contribution in [2.45, 2.75) is 16.2 Å². The third kappa shape index (κ3) is 4.33. The number of carbonyl (C=O) groups is 2. The van der Waals surface area contributed by atoms with Crippen molar-refractivity contribution in [3.63, 3.8) is 0 Å². The normalized spacial score (nSPS) is 23.7. The molecule has 184 valence electrons. The number of hydrogen-bond acceptors (Lipinski definition) is 7. The number of fused-ring (bicyclic) bond motifs is 1. The summed E-state index contributed by atoms with van der Waals surface area (Å²) in [6, 6.07) is 23.8. The Morgan fingerprint density at radius 3 is 2.22 bits per heavy atom. The maximum absolute atomic E-state index is 13.7. The van der Waals surface area contributed by atoms with Crippen molar-refractivity contribution in [3.05, 3.63) is 107 Å². The van der Waals surface area contributed by atoms with Gasteiger partial charge in [-0.15, -0.1) is 11.8 Å². The van der Waals surface area contributed by atoms with Crippen molar-refractivity contribution in [1.29, 1.82) is 0 Å². The monoisotopic (exact) mass is 520 g/mol. The lowest BCUT2D eigenvalue weighted by atomic mass is 9.99. The molecule has 0 N–H and O–H groups in total. The Bertz CT molecular complexity index is 1370. The molecule has 2 aliphatic heterocycles. The van der Waals surface area contributed by atoms with Gasteiger partial charge in [-0.3, -0.25) is 14.6 Å². The van der Waals surface area contributed by atoms with Gasteiger partial charge in [-0.1, -0.05) is 66.7 Å². The predicted octanol–water partition coefficient (Wildman–Crippen LogP) is 3.50. The van der Waals surface area contributed by atoms with Crippen LogP contribution in [-0.4, -0.2) is 58.9 Å². The van der Waals surface area contributed by atoms with Crippen LogP contribution in [0.1, 0.15) is 22.9 Å². The second-order valence-corrected chi connectivity index (χ2v) is 12.0. The van der Waals surface area contributed by atoms with Crippen molar-refractivity contribution in [1.82, 2.24) is 9.88 Å². The summed E-state index contributed by atoms with van der Waals surface area (Å²) in [6.45, 7) is -0.0500. The number of sulfone groups is 1. The van der Waals surface area contributed by atoms with Crippen LogP contribution in [0.3, 0.4) is 0 Å². The number of β-lactam (4-membered cyclic amide) rings is 1. The minimum Gasteiger partial charge on any atom is -0.451 e. The summed E-state index contributed by atoms with van der Waals surface area (Å²) in [5, 5.41) is -1.08. The largest absolute Gasteiger partial charge is 0.451 e. The number of carbonyl (C=O) groups excluding carboxylic acids is 2. The van der Waals surface area contributed by atoms with Crippen LogP contribution in [0.4, 0.5) is 0 Å². The topological polar surface area (TPSA) is 93.6 Å². The second kappa shape index (κ2) is 9.55. The van der Waals surface area contributed by atoms with Gasteiger partial charge in [-0.25, -0.2) is 8.42 Å². The van der Waals surface area contributed by atoms with E-state index in [-0.39, 0.29) is 12.1 Å². The van der Waals surface area contributed by atoms with Gasteiger partial charge in [0.25, 0.3) is 5.91 Å². The van der Waals surface area contributed by atoms with Gasteiger partial charge >= 0.3 is 5.97 Å². The highest BCUT2D eigenvalue weighted by Crippen LogP contribution is 2.44. The van der Waals surface area contributed by atoms with Crippen LogP contribution in [0.5, 0.6) is 0 Å². The number of amides is 1. The van der Waals surface area contributed by atoms with Crippen molar-refractivity contribution in [3.8, 4) is 0 Å². The second-order valence-electron chi connectivity index (χ2n) is 8.75. The lowest BCUT2D eigenvalue weighted by Gasteiger charge is -2.50. The first kappa shape index (κ1) is 24.3. The first-order valence-corrected chi connectivity index (χ1v) is 14.3. The Hall–Kier alpha value is -3.43. The third-order valence-electron chi connectivity index (χ3n) is 6.44. The molecule has 0 spiro atoms. The van der Waals surface area contributed by atoms with Crippen molar-refractivity contribution in [2.24, 2.45) is 0 Å². The summed E-state index contributed by atoms with van der Waals surface area (Å²) in [5.74, 6) is -1.50. The van der Waals surface area contributed by atoms with Crippen LogP contribution in [0.15, 0.2) is 90.6 Å². The molecular weight excluding hydrogens is 496 g/mol. The van der Waals surface area contributed by atoms with Crippen LogP contribution in [0.2, 0.25) is 0 Å². The lowest BCUT2D eigenvalue weighted by molar-refractivity contribution is -0.152. The van der Waals surface area contributed by atoms with E-state index in [1.54, 1.807) is 30.7 Å². The van der Waals surface area contributed by atoms with Gasteiger partial charge in [-0.05, 0) is 35.6 Å². The molecule has 1 amide bonds. The average Bonchev–Trinajstić information content (AvgIpc) is 2.91. The van der Waals surface area contributed by atoms with Crippen LogP contribution in [0, 0.1) is 0 Å². The standard InChI is InChI=1S/C27H24N2O5S2/c1-35-27(26(31)34-23(19-10-4-2-5-11-19)20-12-6-3-7-13-20)17-29-24(30)22(25(29)36(32,33)18-27)16-21-14-8-9-15-28-21/h2-16,23,25H,17-18H2,1H3/t25-,27?/m1/s1. The molecular formula is C27H24N2O5S2. The first-order chi connectivity index (χ1) is 17.3. The SMILES string of the molecule is CSC1(C(=O)OC(c2ccccc2)c2ccccc2)CN2C(=O)C(=Cc3ccccn3)[C@H]2S(=O)(=O)C1. The molecule has 1 aromatic heterocycles. The maximum atomic E-state index is 13.7. The lowest BCUT2D eigenvalue weighted by Crippen LogP contribution is -2.70. The van der Waals surface area contributed by atoms with Crippen molar-refractivity contribution in [2.75, 3.05) is 18.6 Å². The summed E-state index contributed by atoms with van der Waals surface area (Å²) in [6.07, 6.45) is 4.04. The molecule has 3 aromatic rings. The molecule has 3 heterocycles. The zero-order valence-corrected chi connectivity index (χ0v) is 21.1. The molecule has 0 saturated carbocycles. The molecule has 9 heteroatoms. The molecule has 2 aromatic carbocycles. The predicted molar refractivity (Wildman–Crippen MR) is 139 cm³/mol. The highest BCUT2D eigenvalue weighted by atomic mass is 32.2. The van der Waals surface area contributed by atoms with Gasteiger partial charge in [0.1, 0.15) is 4.75 Å². The Balaban J connectivity index is 1.45. The molecule has 2 saturated heterocycles. The summed E-state index contributed by atoms with van der Waals surface area (Å²) >= 11 is 1.10. The van der Waals surface area contributed by atoms with Gasteiger partial charge < -0.3 is 9.64 Å². The molecule has 36 heavy (non-hydrogen) atoms. The number of nitrogens with zero attached hydrogens (tertiary/aromatic N) is 2. The molecule has 0 radical (unpaired) electrons. The molecule has 7 nitrogen and oxygen atoms in total. The first-order valence-electron chi connectivity index (χ1n) is 11.4. The molecule has 1 unspecified atom stereocenters. The van der Waals surface area contributed by atoms with E-state index in [9.17, 15) is 18.0 Å². The molecule has 0 bridgehead atoms. The number of hydrogen-bond donors (Lipinski definition) is 0. The van der Waals surface area contributed by atoms with E-state index in [1.165, 1.54) is 11.0 Å².